The molecule has 0 aromatic heterocycles. The van der Waals surface area contributed by atoms with Gasteiger partial charge in [-0.3, -0.25) is 10.2 Å². The molecule has 5 rings (SSSR count). The van der Waals surface area contributed by atoms with E-state index in [1.807, 2.05) is 77.8 Å². The Hall–Kier alpha value is -3.93. The van der Waals surface area contributed by atoms with Crippen LogP contribution in [0.2, 0.25) is 0 Å². The maximum absolute atomic E-state index is 14.5. The van der Waals surface area contributed by atoms with Gasteiger partial charge in [0.15, 0.2) is 11.6 Å². The topological polar surface area (TPSA) is 141 Å². The van der Waals surface area contributed by atoms with Crippen molar-refractivity contribution < 1.29 is 24.1 Å². The Kier molecular flexibility index (Phi) is 10.3. The van der Waals surface area contributed by atoms with Crippen LogP contribution < -0.4 is 10.2 Å². The van der Waals surface area contributed by atoms with Crippen molar-refractivity contribution in [2.75, 3.05) is 39.5 Å². The first-order chi connectivity index (χ1) is 21.0. The lowest BCUT2D eigenvalue weighted by atomic mass is 9.80. The van der Waals surface area contributed by atoms with Gasteiger partial charge >= 0.3 is 0 Å². The number of carbonyl (C=O) groups excluding carboxylic acids is 1. The number of nitrogens with one attached hydrogen (secondary N) is 1. The van der Waals surface area contributed by atoms with Crippen molar-refractivity contribution in [3.63, 3.8) is 0 Å². The molecule has 2 aliphatic heterocycles. The number of benzene rings is 3. The van der Waals surface area contributed by atoms with Crippen LogP contribution in [0, 0.1) is 0 Å². The van der Waals surface area contributed by atoms with Gasteiger partial charge in [-0.05, 0) is 52.6 Å². The van der Waals surface area contributed by atoms with Crippen LogP contribution in [-0.2, 0) is 27.2 Å². The normalized spacial score (nSPS) is 20.0. The Balaban J connectivity index is 1.61. The molecule has 0 bridgehead atoms. The third kappa shape index (κ3) is 7.18. The number of carbonyl (C=O) groups is 1. The summed E-state index contributed by atoms with van der Waals surface area (Å²) in [4.78, 5) is 22.6. The molecule has 2 aliphatic rings. The number of azide groups is 1. The molecular formula is C31H33BrN6O5. The molecule has 224 valence electrons. The van der Waals surface area contributed by atoms with Gasteiger partial charge in [0.25, 0.3) is 5.91 Å². The molecule has 1 saturated heterocycles. The highest BCUT2D eigenvalue weighted by Crippen LogP contribution is 2.44. The van der Waals surface area contributed by atoms with Gasteiger partial charge in [0.05, 0.1) is 26.4 Å². The lowest BCUT2D eigenvalue weighted by molar-refractivity contribution is -0.136. The minimum atomic E-state index is -1.42. The van der Waals surface area contributed by atoms with Crippen molar-refractivity contribution in [2.45, 2.75) is 31.0 Å². The van der Waals surface area contributed by atoms with Gasteiger partial charge in [-0.15, -0.1) is 0 Å². The van der Waals surface area contributed by atoms with Gasteiger partial charge in [-0.25, -0.2) is 10.0 Å². The molecule has 11 nitrogen and oxygen atoms in total. The van der Waals surface area contributed by atoms with E-state index in [1.54, 1.807) is 0 Å². The van der Waals surface area contributed by atoms with Crippen LogP contribution in [0.1, 0.15) is 34.8 Å². The maximum atomic E-state index is 14.5. The zero-order chi connectivity index (χ0) is 30.1. The lowest BCUT2D eigenvalue weighted by Gasteiger charge is -2.35. The van der Waals surface area contributed by atoms with Crippen LogP contribution in [0.25, 0.3) is 10.4 Å². The number of aliphatic hydroxyl groups excluding tert-OH is 1. The maximum Gasteiger partial charge on any atom is 0.266 e. The van der Waals surface area contributed by atoms with Crippen molar-refractivity contribution in [1.82, 2.24) is 10.4 Å². The van der Waals surface area contributed by atoms with Crippen molar-refractivity contribution >= 4 is 27.7 Å². The van der Waals surface area contributed by atoms with Crippen molar-refractivity contribution in [3.05, 3.63) is 110 Å². The van der Waals surface area contributed by atoms with E-state index < -0.39 is 11.6 Å². The Morgan fingerprint density at radius 1 is 1.12 bits per heavy atom. The first-order valence-electron chi connectivity index (χ1n) is 14.1. The molecule has 0 aliphatic carbocycles. The molecule has 2 N–H and O–H groups in total. The summed E-state index contributed by atoms with van der Waals surface area (Å²) in [5, 5.41) is 14.7. The predicted octanol–water partition coefficient (Wildman–Crippen LogP) is 4.88. The van der Waals surface area contributed by atoms with E-state index in [0.29, 0.717) is 62.1 Å². The SMILES string of the molecule is [N-]=[N+]=NCc1ccccc1[C@@H]1OC(c2ccc(OCCCO)cc2)=N[C@]1(Cc1ccccc1Br)C(=O)NN1CCOCC1. The summed E-state index contributed by atoms with van der Waals surface area (Å²) < 4.78 is 18.7. The number of nitrogens with zero attached hydrogens (tertiary/aromatic N) is 5. The monoisotopic (exact) mass is 648 g/mol. The quantitative estimate of drug-likeness (QED) is 0.124. The number of amides is 1. The number of halogens is 1. The second-order valence-corrected chi connectivity index (χ2v) is 11.0. The van der Waals surface area contributed by atoms with E-state index in [9.17, 15) is 4.79 Å². The van der Waals surface area contributed by atoms with E-state index in [4.69, 9.17) is 29.8 Å². The van der Waals surface area contributed by atoms with Crippen LogP contribution in [-0.4, -0.2) is 67.0 Å². The number of hydrogen-bond donors (Lipinski definition) is 2. The molecule has 1 fully saturated rings. The van der Waals surface area contributed by atoms with Crippen LogP contribution in [0.4, 0.5) is 0 Å². The number of ether oxygens (including phenoxy) is 3. The molecule has 2 heterocycles. The number of rotatable bonds is 12. The molecule has 12 heteroatoms. The number of hydrazine groups is 1. The molecule has 0 unspecified atom stereocenters. The first-order valence-corrected chi connectivity index (χ1v) is 14.9. The van der Waals surface area contributed by atoms with Gasteiger partial charge in [0.2, 0.25) is 5.90 Å². The van der Waals surface area contributed by atoms with Crippen LogP contribution >= 0.6 is 15.9 Å². The molecule has 0 saturated carbocycles. The highest BCUT2D eigenvalue weighted by Gasteiger charge is 2.54. The van der Waals surface area contributed by atoms with Gasteiger partial charge in [0.1, 0.15) is 5.75 Å². The van der Waals surface area contributed by atoms with E-state index >= 15 is 0 Å². The van der Waals surface area contributed by atoms with Gasteiger partial charge in [-0.1, -0.05) is 63.5 Å². The molecule has 3 aromatic rings. The van der Waals surface area contributed by atoms with E-state index in [0.717, 1.165) is 15.6 Å². The number of aliphatic hydroxyl groups is 1. The second-order valence-electron chi connectivity index (χ2n) is 10.2. The third-order valence-corrected chi connectivity index (χ3v) is 8.13. The van der Waals surface area contributed by atoms with E-state index in [-0.39, 0.29) is 25.5 Å². The third-order valence-electron chi connectivity index (χ3n) is 7.36. The average molecular weight is 650 g/mol. The molecule has 1 amide bonds. The van der Waals surface area contributed by atoms with Gasteiger partial charge in [-0.2, -0.15) is 0 Å². The largest absolute Gasteiger partial charge is 0.494 e. The molecule has 0 spiro atoms. The van der Waals surface area contributed by atoms with Gasteiger partial charge in [0, 0.05) is 47.5 Å². The van der Waals surface area contributed by atoms with Crippen molar-refractivity contribution in [1.29, 1.82) is 0 Å². The Bertz CT molecular complexity index is 1490. The Morgan fingerprint density at radius 3 is 2.56 bits per heavy atom. The summed E-state index contributed by atoms with van der Waals surface area (Å²) in [5.74, 6) is 0.652. The predicted molar refractivity (Wildman–Crippen MR) is 164 cm³/mol. The molecule has 2 atom stereocenters. The fraction of sp³-hybridized carbons (Fsp3) is 0.355. The molecule has 43 heavy (non-hydrogen) atoms. The number of hydrogen-bond acceptors (Lipinski definition) is 8. The summed E-state index contributed by atoms with van der Waals surface area (Å²) >= 11 is 3.66. The Labute approximate surface area is 258 Å². The van der Waals surface area contributed by atoms with Gasteiger partial charge < -0.3 is 19.3 Å². The smallest absolute Gasteiger partial charge is 0.266 e. The second kappa shape index (κ2) is 14.5. The number of aliphatic imine (C=N–C) groups is 1. The van der Waals surface area contributed by atoms with E-state index in [1.165, 1.54) is 0 Å². The average Bonchev–Trinajstić information content (AvgIpc) is 3.42. The Morgan fingerprint density at radius 2 is 1.84 bits per heavy atom. The first kappa shape index (κ1) is 30.5. The zero-order valence-corrected chi connectivity index (χ0v) is 25.1. The molecule has 0 radical (unpaired) electrons. The number of morpholine rings is 1. The summed E-state index contributed by atoms with van der Waals surface area (Å²) in [6, 6.07) is 22.5. The van der Waals surface area contributed by atoms with Crippen LogP contribution in [0.3, 0.4) is 0 Å². The standard InChI is InChI=1S/C31H33BrN6O5/c32-27-9-4-2-6-23(27)20-31(30(40)36-38-14-18-41-19-15-38)28(26-8-3-1-7-24(26)21-34-37-33)43-29(35-31)22-10-12-25(13-11-22)42-17-5-16-39/h1-4,6-13,28,39H,5,14-21H2,(H,36,40)/t28-,31-/m0/s1. The molecule has 3 aromatic carbocycles. The summed E-state index contributed by atoms with van der Waals surface area (Å²) in [6.45, 7) is 2.65. The molecular weight excluding hydrogens is 616 g/mol. The van der Waals surface area contributed by atoms with Crippen molar-refractivity contribution in [2.24, 2.45) is 10.1 Å². The minimum Gasteiger partial charge on any atom is -0.494 e. The van der Waals surface area contributed by atoms with Crippen LogP contribution in [0.5, 0.6) is 5.75 Å². The summed E-state index contributed by atoms with van der Waals surface area (Å²) in [7, 11) is 0. The fourth-order valence-corrected chi connectivity index (χ4v) is 5.57. The summed E-state index contributed by atoms with van der Waals surface area (Å²) in [6.07, 6.45) is -0.0670. The highest BCUT2D eigenvalue weighted by atomic mass is 79.9. The zero-order valence-electron chi connectivity index (χ0n) is 23.6. The minimum absolute atomic E-state index is 0.0530. The summed E-state index contributed by atoms with van der Waals surface area (Å²) in [5.41, 5.74) is 13.8. The van der Waals surface area contributed by atoms with Crippen molar-refractivity contribution in [3.8, 4) is 5.75 Å². The lowest BCUT2D eigenvalue weighted by Crippen LogP contribution is -2.57. The van der Waals surface area contributed by atoms with Crippen LogP contribution in [0.15, 0.2) is 87.4 Å². The fourth-order valence-electron chi connectivity index (χ4n) is 5.15. The van der Waals surface area contributed by atoms with E-state index in [2.05, 4.69) is 31.4 Å². The highest BCUT2D eigenvalue weighted by molar-refractivity contribution is 9.10.